The van der Waals surface area contributed by atoms with Crippen LogP contribution in [-0.2, 0) is 4.79 Å². The fourth-order valence-electron chi connectivity index (χ4n) is 2.03. The molecule has 2 N–H and O–H groups in total. The highest BCUT2D eigenvalue weighted by Crippen LogP contribution is 2.23. The topological polar surface area (TPSA) is 60.8 Å². The van der Waals surface area contributed by atoms with E-state index in [9.17, 15) is 15.0 Å². The van der Waals surface area contributed by atoms with Crippen LogP contribution in [0.1, 0.15) is 40.5 Å². The van der Waals surface area contributed by atoms with Crippen molar-refractivity contribution in [2.24, 2.45) is 11.3 Å². The normalized spacial score (nSPS) is 27.3. The Morgan fingerprint density at radius 2 is 2.00 bits per heavy atom. The first-order valence-electron chi connectivity index (χ1n) is 6.35. The largest absolute Gasteiger partial charge is 0.391 e. The molecule has 1 amide bonds. The van der Waals surface area contributed by atoms with Crippen LogP contribution in [0.2, 0.25) is 0 Å². The molecule has 0 aromatic heterocycles. The second kappa shape index (κ2) is 5.36. The van der Waals surface area contributed by atoms with Gasteiger partial charge in [0.1, 0.15) is 6.10 Å². The zero-order chi connectivity index (χ0) is 13.2. The second-order valence-corrected chi connectivity index (χ2v) is 6.40. The van der Waals surface area contributed by atoms with Gasteiger partial charge in [-0.3, -0.25) is 4.79 Å². The Bertz CT molecular complexity index is 262. The van der Waals surface area contributed by atoms with Crippen molar-refractivity contribution in [3.63, 3.8) is 0 Å². The number of carbonyl (C=O) groups is 1. The molecule has 1 aliphatic rings. The Balaban J connectivity index is 2.42. The number of aliphatic hydroxyl groups excluding tert-OH is 2. The van der Waals surface area contributed by atoms with Crippen LogP contribution < -0.4 is 0 Å². The molecule has 0 bridgehead atoms. The van der Waals surface area contributed by atoms with E-state index >= 15 is 0 Å². The highest BCUT2D eigenvalue weighted by molar-refractivity contribution is 5.81. The van der Waals surface area contributed by atoms with Gasteiger partial charge in [-0.2, -0.15) is 0 Å². The third kappa shape index (κ3) is 4.28. The van der Waals surface area contributed by atoms with Gasteiger partial charge >= 0.3 is 0 Å². The van der Waals surface area contributed by atoms with E-state index < -0.39 is 12.2 Å². The van der Waals surface area contributed by atoms with Gasteiger partial charge in [-0.05, 0) is 18.3 Å². The first kappa shape index (κ1) is 14.5. The lowest BCUT2D eigenvalue weighted by molar-refractivity contribution is -0.140. The van der Waals surface area contributed by atoms with E-state index in [1.807, 2.05) is 6.92 Å². The number of carbonyl (C=O) groups excluding carboxylic acids is 1. The van der Waals surface area contributed by atoms with E-state index in [0.717, 1.165) is 6.42 Å². The summed E-state index contributed by atoms with van der Waals surface area (Å²) in [5.74, 6) is -0.133. The zero-order valence-corrected chi connectivity index (χ0v) is 11.3. The lowest BCUT2D eigenvalue weighted by Crippen LogP contribution is -2.38. The van der Waals surface area contributed by atoms with Crippen LogP contribution in [0.3, 0.4) is 0 Å². The predicted octanol–water partition coefficient (Wildman–Crippen LogP) is 1.01. The third-order valence-electron chi connectivity index (χ3n) is 3.34. The van der Waals surface area contributed by atoms with E-state index in [0.29, 0.717) is 19.5 Å². The Hall–Kier alpha value is -0.610. The van der Waals surface area contributed by atoms with Crippen molar-refractivity contribution in [1.29, 1.82) is 0 Å². The van der Waals surface area contributed by atoms with E-state index in [1.165, 1.54) is 0 Å². The molecule has 3 unspecified atom stereocenters. The summed E-state index contributed by atoms with van der Waals surface area (Å²) in [6.45, 7) is 9.09. The summed E-state index contributed by atoms with van der Waals surface area (Å²) in [6, 6.07) is 0. The minimum Gasteiger partial charge on any atom is -0.391 e. The molecular weight excluding hydrogens is 218 g/mol. The maximum absolute atomic E-state index is 11.9. The van der Waals surface area contributed by atoms with Crippen molar-refractivity contribution in [2.45, 2.75) is 52.7 Å². The first-order chi connectivity index (χ1) is 7.70. The van der Waals surface area contributed by atoms with Crippen molar-refractivity contribution < 1.29 is 15.0 Å². The molecule has 4 nitrogen and oxygen atoms in total. The lowest BCUT2D eigenvalue weighted by atomic mass is 9.89. The minimum atomic E-state index is -0.924. The molecule has 17 heavy (non-hydrogen) atoms. The number of likely N-dealkylation sites (tertiary alicyclic amines) is 1. The highest BCUT2D eigenvalue weighted by Gasteiger charge is 2.33. The summed E-state index contributed by atoms with van der Waals surface area (Å²) < 4.78 is 0. The monoisotopic (exact) mass is 243 g/mol. The maximum atomic E-state index is 11.9. The van der Waals surface area contributed by atoms with Crippen LogP contribution in [0.4, 0.5) is 0 Å². The molecule has 0 spiro atoms. The number of β-amino-alcohol motifs (C(OH)–C–C–N with tert-alkyl or cyclic N) is 1. The molecule has 1 saturated heterocycles. The summed E-state index contributed by atoms with van der Waals surface area (Å²) in [6.07, 6.45) is -0.0738. The van der Waals surface area contributed by atoms with Crippen LogP contribution >= 0.6 is 0 Å². The molecule has 1 fully saturated rings. The molecular formula is C13H25NO3. The molecule has 1 aliphatic heterocycles. The lowest BCUT2D eigenvalue weighted by Gasteiger charge is -2.23. The summed E-state index contributed by atoms with van der Waals surface area (Å²) in [5.41, 5.74) is 0.124. The third-order valence-corrected chi connectivity index (χ3v) is 3.34. The number of hydrogen-bond donors (Lipinski definition) is 2. The fraction of sp³-hybridized carbons (Fsp3) is 0.923. The average Bonchev–Trinajstić information content (AvgIpc) is 2.53. The molecule has 0 aromatic rings. The molecule has 1 heterocycles. The van der Waals surface area contributed by atoms with Gasteiger partial charge in [0.15, 0.2) is 0 Å². The summed E-state index contributed by atoms with van der Waals surface area (Å²) in [5, 5.41) is 19.4. The summed E-state index contributed by atoms with van der Waals surface area (Å²) >= 11 is 0. The standard InChI is InChI=1S/C13H25NO3/c1-9-7-14(8-11(9)16)12(17)10(15)5-6-13(2,3)4/h9-11,15-16H,5-8H2,1-4H3. The van der Waals surface area contributed by atoms with Crippen LogP contribution in [0.5, 0.6) is 0 Å². The maximum Gasteiger partial charge on any atom is 0.251 e. The van der Waals surface area contributed by atoms with E-state index in [-0.39, 0.29) is 17.2 Å². The molecule has 0 aromatic carbocycles. The van der Waals surface area contributed by atoms with Crippen LogP contribution in [-0.4, -0.2) is 46.3 Å². The van der Waals surface area contributed by atoms with E-state index in [4.69, 9.17) is 0 Å². The molecule has 0 radical (unpaired) electrons. The van der Waals surface area contributed by atoms with Crippen LogP contribution in [0, 0.1) is 11.3 Å². The quantitative estimate of drug-likeness (QED) is 0.778. The van der Waals surface area contributed by atoms with Gasteiger partial charge < -0.3 is 15.1 Å². The number of nitrogens with zero attached hydrogens (tertiary/aromatic N) is 1. The Morgan fingerprint density at radius 3 is 2.41 bits per heavy atom. The Morgan fingerprint density at radius 1 is 1.41 bits per heavy atom. The van der Waals surface area contributed by atoms with Gasteiger partial charge in [0.25, 0.3) is 5.91 Å². The van der Waals surface area contributed by atoms with Crippen LogP contribution in [0.25, 0.3) is 0 Å². The molecule has 0 aliphatic carbocycles. The summed E-state index contributed by atoms with van der Waals surface area (Å²) in [7, 11) is 0. The molecule has 1 rings (SSSR count). The van der Waals surface area contributed by atoms with Gasteiger partial charge in [-0.1, -0.05) is 27.7 Å². The van der Waals surface area contributed by atoms with Gasteiger partial charge in [0.05, 0.1) is 6.10 Å². The van der Waals surface area contributed by atoms with E-state index in [2.05, 4.69) is 20.8 Å². The summed E-state index contributed by atoms with van der Waals surface area (Å²) in [4.78, 5) is 13.5. The van der Waals surface area contributed by atoms with Crippen molar-refractivity contribution in [1.82, 2.24) is 4.90 Å². The van der Waals surface area contributed by atoms with Crippen molar-refractivity contribution in [2.75, 3.05) is 13.1 Å². The van der Waals surface area contributed by atoms with E-state index in [1.54, 1.807) is 4.90 Å². The second-order valence-electron chi connectivity index (χ2n) is 6.40. The van der Waals surface area contributed by atoms with Gasteiger partial charge in [-0.25, -0.2) is 0 Å². The van der Waals surface area contributed by atoms with Gasteiger partial charge in [0, 0.05) is 19.0 Å². The van der Waals surface area contributed by atoms with Crippen molar-refractivity contribution >= 4 is 5.91 Å². The fourth-order valence-corrected chi connectivity index (χ4v) is 2.03. The number of hydrogen-bond acceptors (Lipinski definition) is 3. The first-order valence-corrected chi connectivity index (χ1v) is 6.35. The molecule has 3 atom stereocenters. The van der Waals surface area contributed by atoms with Crippen molar-refractivity contribution in [3.05, 3.63) is 0 Å². The van der Waals surface area contributed by atoms with Crippen LogP contribution in [0.15, 0.2) is 0 Å². The molecule has 4 heteroatoms. The highest BCUT2D eigenvalue weighted by atomic mass is 16.3. The minimum absolute atomic E-state index is 0.105. The molecule has 0 saturated carbocycles. The van der Waals surface area contributed by atoms with Gasteiger partial charge in [-0.15, -0.1) is 0 Å². The SMILES string of the molecule is CC1CN(C(=O)C(O)CCC(C)(C)C)CC1O. The predicted molar refractivity (Wildman–Crippen MR) is 66.4 cm³/mol. The number of rotatable bonds is 3. The Kier molecular flexibility index (Phi) is 4.55. The van der Waals surface area contributed by atoms with Crippen molar-refractivity contribution in [3.8, 4) is 0 Å². The molecule has 100 valence electrons. The Labute approximate surface area is 104 Å². The smallest absolute Gasteiger partial charge is 0.251 e. The average molecular weight is 243 g/mol. The number of aliphatic hydroxyl groups is 2. The number of amides is 1. The van der Waals surface area contributed by atoms with Gasteiger partial charge in [0.2, 0.25) is 0 Å². The zero-order valence-electron chi connectivity index (χ0n) is 11.3.